The molecule has 4 heterocycles. The maximum absolute atomic E-state index is 13.3. The van der Waals surface area contributed by atoms with Crippen LogP contribution in [0.5, 0.6) is 0 Å². The summed E-state index contributed by atoms with van der Waals surface area (Å²) in [5, 5.41) is 2.07. The predicted octanol–water partition coefficient (Wildman–Crippen LogP) is 1.67. The molecule has 2 amide bonds. The minimum absolute atomic E-state index is 0.0159. The minimum atomic E-state index is -4.00. The van der Waals surface area contributed by atoms with Crippen molar-refractivity contribution >= 4 is 54.2 Å². The first-order chi connectivity index (χ1) is 20.4. The number of aromatic nitrogens is 2. The second-order valence-electron chi connectivity index (χ2n) is 11.7. The zero-order chi connectivity index (χ0) is 30.5. The highest BCUT2D eigenvalue weighted by atomic mass is 35.5. The lowest BCUT2D eigenvalue weighted by atomic mass is 9.86. The standard InChI is InChI=1S/C28H33ClN6O6S2/c1-32-16-26(30-18-32)43(40,41)35-14-19-9-20(15-35)13-34(12-19)27(36)17-33-8-2-3-25(28(33)37)31-42(38,39)24-7-5-21-10-23(29)6-4-22(21)11-24/h4-7,10-11,16,18-20,25,31H,2-3,8-9,12-15,17H2,1H3. The quantitative estimate of drug-likeness (QED) is 0.411. The number of nitrogens with zero attached hydrogens (tertiary/aromatic N) is 5. The van der Waals surface area contributed by atoms with E-state index in [1.54, 1.807) is 46.8 Å². The molecule has 0 spiro atoms. The summed E-state index contributed by atoms with van der Waals surface area (Å²) in [6, 6.07) is 8.88. The normalized spacial score (nSPS) is 23.6. The molecule has 2 bridgehead atoms. The molecule has 6 rings (SSSR count). The zero-order valence-corrected chi connectivity index (χ0v) is 26.0. The van der Waals surface area contributed by atoms with Crippen molar-refractivity contribution in [1.82, 2.24) is 28.4 Å². The van der Waals surface area contributed by atoms with Gasteiger partial charge in [0.1, 0.15) is 6.04 Å². The Morgan fingerprint density at radius 3 is 2.42 bits per heavy atom. The number of carbonyl (C=O) groups is 2. The van der Waals surface area contributed by atoms with Gasteiger partial charge >= 0.3 is 0 Å². The second kappa shape index (κ2) is 11.5. The third kappa shape index (κ3) is 6.16. The number of rotatable bonds is 7. The topological polar surface area (TPSA) is 142 Å². The molecular formula is C28H33ClN6O6S2. The number of sulfonamides is 2. The maximum atomic E-state index is 13.3. The maximum Gasteiger partial charge on any atom is 0.262 e. The van der Waals surface area contributed by atoms with Crippen LogP contribution in [0.1, 0.15) is 19.3 Å². The number of aryl methyl sites for hydroxylation is 1. The number of halogens is 1. The Balaban J connectivity index is 1.08. The molecule has 1 aromatic heterocycles. The van der Waals surface area contributed by atoms with Gasteiger partial charge in [-0.05, 0) is 66.1 Å². The molecule has 3 aromatic rings. The van der Waals surface area contributed by atoms with E-state index in [4.69, 9.17) is 11.6 Å². The van der Waals surface area contributed by atoms with Gasteiger partial charge in [-0.2, -0.15) is 9.03 Å². The van der Waals surface area contributed by atoms with Crippen LogP contribution in [0.15, 0.2) is 58.8 Å². The van der Waals surface area contributed by atoms with E-state index in [9.17, 15) is 26.4 Å². The van der Waals surface area contributed by atoms with Gasteiger partial charge in [-0.3, -0.25) is 9.59 Å². The largest absolute Gasteiger partial charge is 0.341 e. The fourth-order valence-electron chi connectivity index (χ4n) is 6.37. The molecule has 0 aliphatic carbocycles. The number of hydrogen-bond donors (Lipinski definition) is 1. The molecule has 3 atom stereocenters. The van der Waals surface area contributed by atoms with Crippen molar-refractivity contribution in [2.24, 2.45) is 18.9 Å². The summed E-state index contributed by atoms with van der Waals surface area (Å²) in [7, 11) is -6.01. The van der Waals surface area contributed by atoms with Gasteiger partial charge in [0.15, 0.2) is 5.03 Å². The third-order valence-corrected chi connectivity index (χ3v) is 11.8. The number of hydrogen-bond acceptors (Lipinski definition) is 7. The van der Waals surface area contributed by atoms with Gasteiger partial charge in [-0.25, -0.2) is 21.8 Å². The van der Waals surface area contributed by atoms with Crippen molar-refractivity contribution < 1.29 is 26.4 Å². The first-order valence-electron chi connectivity index (χ1n) is 14.2. The van der Waals surface area contributed by atoms with Gasteiger partial charge in [0.2, 0.25) is 21.8 Å². The molecule has 3 saturated heterocycles. The van der Waals surface area contributed by atoms with Crippen molar-refractivity contribution in [2.45, 2.75) is 35.2 Å². The zero-order valence-electron chi connectivity index (χ0n) is 23.6. The predicted molar refractivity (Wildman–Crippen MR) is 159 cm³/mol. The fraction of sp³-hybridized carbons (Fsp3) is 0.464. The second-order valence-corrected chi connectivity index (χ2v) is 15.7. The highest BCUT2D eigenvalue weighted by Crippen LogP contribution is 2.32. The molecule has 43 heavy (non-hydrogen) atoms. The Morgan fingerprint density at radius 2 is 1.72 bits per heavy atom. The van der Waals surface area contributed by atoms with Gasteiger partial charge < -0.3 is 14.4 Å². The van der Waals surface area contributed by atoms with Crippen molar-refractivity contribution in [3.05, 3.63) is 53.9 Å². The van der Waals surface area contributed by atoms with Gasteiger partial charge in [-0.15, -0.1) is 0 Å². The number of amides is 2. The Labute approximate surface area is 255 Å². The van der Waals surface area contributed by atoms with E-state index in [1.807, 2.05) is 0 Å². The van der Waals surface area contributed by atoms with Crippen LogP contribution in [0, 0.1) is 11.8 Å². The van der Waals surface area contributed by atoms with E-state index in [1.165, 1.54) is 27.8 Å². The molecule has 3 aliphatic rings. The van der Waals surface area contributed by atoms with Crippen LogP contribution < -0.4 is 4.72 Å². The third-order valence-electron chi connectivity index (χ3n) is 8.42. The molecule has 1 N–H and O–H groups in total. The number of imidazole rings is 1. The van der Waals surface area contributed by atoms with Crippen molar-refractivity contribution in [3.8, 4) is 0 Å². The highest BCUT2D eigenvalue weighted by Gasteiger charge is 2.42. The number of likely N-dealkylation sites (tertiary alicyclic amines) is 2. The lowest BCUT2D eigenvalue weighted by Crippen LogP contribution is -2.58. The molecule has 3 fully saturated rings. The van der Waals surface area contributed by atoms with E-state index < -0.39 is 32.0 Å². The first-order valence-corrected chi connectivity index (χ1v) is 17.5. The Morgan fingerprint density at radius 1 is 1.02 bits per heavy atom. The SMILES string of the molecule is Cn1cnc(S(=O)(=O)N2CC3CC(CN(C(=O)CN4CCCC(NS(=O)(=O)c5ccc6cc(Cl)ccc6c5)C4=O)C3)C2)c1. The van der Waals surface area contributed by atoms with Gasteiger partial charge in [0, 0.05) is 51.0 Å². The smallest absolute Gasteiger partial charge is 0.262 e. The van der Waals surface area contributed by atoms with Crippen LogP contribution in [-0.4, -0.2) is 97.6 Å². The molecule has 230 valence electrons. The van der Waals surface area contributed by atoms with Crippen LogP contribution in [0.25, 0.3) is 10.8 Å². The Bertz CT molecular complexity index is 1780. The lowest BCUT2D eigenvalue weighted by Gasteiger charge is -2.45. The summed E-state index contributed by atoms with van der Waals surface area (Å²) in [4.78, 5) is 33.9. The molecule has 2 aromatic carbocycles. The average Bonchev–Trinajstić information content (AvgIpc) is 3.41. The van der Waals surface area contributed by atoms with Crippen molar-refractivity contribution in [1.29, 1.82) is 0 Å². The Kier molecular flexibility index (Phi) is 8.00. The van der Waals surface area contributed by atoms with Crippen LogP contribution in [0.2, 0.25) is 5.02 Å². The number of nitrogens with one attached hydrogen (secondary N) is 1. The highest BCUT2D eigenvalue weighted by molar-refractivity contribution is 7.89. The number of benzene rings is 2. The first kappa shape index (κ1) is 30.0. The fourth-order valence-corrected chi connectivity index (χ4v) is 9.37. The van der Waals surface area contributed by atoms with E-state index in [-0.39, 0.29) is 34.2 Å². The van der Waals surface area contributed by atoms with Crippen molar-refractivity contribution in [3.63, 3.8) is 0 Å². The summed E-state index contributed by atoms with van der Waals surface area (Å²) < 4.78 is 58.2. The molecule has 3 aliphatic heterocycles. The summed E-state index contributed by atoms with van der Waals surface area (Å²) in [5.74, 6) is -0.699. The molecule has 3 unspecified atom stereocenters. The molecule has 12 nitrogen and oxygen atoms in total. The molecule has 0 saturated carbocycles. The van der Waals surface area contributed by atoms with Gasteiger partial charge in [0.05, 0.1) is 17.8 Å². The van der Waals surface area contributed by atoms with Crippen LogP contribution in [0.4, 0.5) is 0 Å². The monoisotopic (exact) mass is 648 g/mol. The van der Waals surface area contributed by atoms with Crippen LogP contribution in [0.3, 0.4) is 0 Å². The van der Waals surface area contributed by atoms with Crippen LogP contribution in [-0.2, 0) is 36.7 Å². The van der Waals surface area contributed by atoms with E-state index in [0.717, 1.165) is 11.8 Å². The number of carbonyl (C=O) groups excluding carboxylic acids is 2. The molecule has 15 heteroatoms. The number of piperidine rings is 3. The van der Waals surface area contributed by atoms with Crippen molar-refractivity contribution in [2.75, 3.05) is 39.3 Å². The molecule has 0 radical (unpaired) electrons. The van der Waals surface area contributed by atoms with E-state index >= 15 is 0 Å². The average molecular weight is 649 g/mol. The minimum Gasteiger partial charge on any atom is -0.341 e. The van der Waals surface area contributed by atoms with E-state index in [2.05, 4.69) is 9.71 Å². The summed E-state index contributed by atoms with van der Waals surface area (Å²) >= 11 is 6.03. The number of fused-ring (bicyclic) bond motifs is 3. The molecular weight excluding hydrogens is 616 g/mol. The summed E-state index contributed by atoms with van der Waals surface area (Å²) in [6.07, 6.45) is 4.65. The van der Waals surface area contributed by atoms with Gasteiger partial charge in [0.25, 0.3) is 10.0 Å². The summed E-state index contributed by atoms with van der Waals surface area (Å²) in [6.45, 7) is 1.60. The van der Waals surface area contributed by atoms with Gasteiger partial charge in [-0.1, -0.05) is 23.7 Å². The Hall–Kier alpha value is -3.04. The van der Waals surface area contributed by atoms with E-state index in [0.29, 0.717) is 56.0 Å². The summed E-state index contributed by atoms with van der Waals surface area (Å²) in [5.41, 5.74) is 0. The lowest BCUT2D eigenvalue weighted by molar-refractivity contribution is -0.145. The van der Waals surface area contributed by atoms with Crippen LogP contribution >= 0.6 is 11.6 Å².